The molecule has 6 nitrogen and oxygen atoms in total. The molecule has 3 rings (SSSR count). The topological polar surface area (TPSA) is 74.3 Å². The van der Waals surface area contributed by atoms with Crippen molar-refractivity contribution in [1.82, 2.24) is 20.6 Å². The quantitative estimate of drug-likeness (QED) is 0.289. The summed E-state index contributed by atoms with van der Waals surface area (Å²) in [5, 5.41) is 6.55. The van der Waals surface area contributed by atoms with Crippen LogP contribution in [-0.2, 0) is 13.1 Å². The maximum atomic E-state index is 5.37. The van der Waals surface area contributed by atoms with E-state index in [0.29, 0.717) is 19.0 Å². The Bertz CT molecular complexity index is 864. The first-order valence-electron chi connectivity index (χ1n) is 8.46. The average molecular weight is 477 g/mol. The zero-order chi connectivity index (χ0) is 18.2. The van der Waals surface area contributed by atoms with Crippen LogP contribution in [0.4, 0.5) is 0 Å². The molecule has 27 heavy (non-hydrogen) atoms. The van der Waals surface area contributed by atoms with E-state index in [1.165, 1.54) is 0 Å². The molecular weight excluding hydrogens is 453 g/mol. The number of rotatable bonds is 6. The lowest BCUT2D eigenvalue weighted by Crippen LogP contribution is -2.36. The Morgan fingerprint density at radius 1 is 1.04 bits per heavy atom. The van der Waals surface area contributed by atoms with Gasteiger partial charge in [0.05, 0.1) is 25.5 Å². The van der Waals surface area contributed by atoms with Gasteiger partial charge in [0.2, 0.25) is 0 Å². The Morgan fingerprint density at radius 2 is 1.74 bits per heavy atom. The molecule has 0 saturated heterocycles. The van der Waals surface area contributed by atoms with Crippen molar-refractivity contribution in [3.8, 4) is 17.0 Å². The first kappa shape index (κ1) is 20.8. The molecule has 0 bridgehead atoms. The van der Waals surface area contributed by atoms with E-state index in [1.807, 2.05) is 48.7 Å². The van der Waals surface area contributed by atoms with Gasteiger partial charge in [-0.1, -0.05) is 48.5 Å². The number of H-pyrrole nitrogens is 1. The van der Waals surface area contributed by atoms with Crippen LogP contribution in [0.3, 0.4) is 0 Å². The Morgan fingerprint density at radius 3 is 2.48 bits per heavy atom. The van der Waals surface area contributed by atoms with Crippen molar-refractivity contribution in [3.05, 3.63) is 72.2 Å². The van der Waals surface area contributed by atoms with Crippen LogP contribution in [0.5, 0.6) is 5.75 Å². The van der Waals surface area contributed by atoms with Gasteiger partial charge in [0.15, 0.2) is 5.96 Å². The number of para-hydroxylation sites is 1. The van der Waals surface area contributed by atoms with Crippen molar-refractivity contribution >= 4 is 29.9 Å². The first-order chi connectivity index (χ1) is 12.8. The van der Waals surface area contributed by atoms with Crippen LogP contribution in [0.2, 0.25) is 0 Å². The second-order valence-corrected chi connectivity index (χ2v) is 5.70. The van der Waals surface area contributed by atoms with Crippen molar-refractivity contribution in [3.63, 3.8) is 0 Å². The lowest BCUT2D eigenvalue weighted by molar-refractivity contribution is 0.409. The molecule has 0 spiro atoms. The van der Waals surface area contributed by atoms with Gasteiger partial charge in [0, 0.05) is 19.2 Å². The van der Waals surface area contributed by atoms with E-state index in [9.17, 15) is 0 Å². The van der Waals surface area contributed by atoms with Crippen LogP contribution in [0, 0.1) is 0 Å². The highest BCUT2D eigenvalue weighted by molar-refractivity contribution is 14.0. The van der Waals surface area contributed by atoms with E-state index >= 15 is 0 Å². The zero-order valence-electron chi connectivity index (χ0n) is 15.4. The van der Waals surface area contributed by atoms with Gasteiger partial charge in [0.1, 0.15) is 11.6 Å². The van der Waals surface area contributed by atoms with E-state index in [0.717, 1.165) is 28.4 Å². The smallest absolute Gasteiger partial charge is 0.191 e. The largest absolute Gasteiger partial charge is 0.496 e. The standard InChI is InChI=1S/C20H23N5O.HI/c1-21-20(23-12-16-10-6-7-11-18(16)26-2)24-14-19-22-13-17(25-19)15-8-4-3-5-9-15;/h3-11,13H,12,14H2,1-2H3,(H,22,25)(H2,21,23,24);1H. The van der Waals surface area contributed by atoms with Gasteiger partial charge in [-0.05, 0) is 11.6 Å². The van der Waals surface area contributed by atoms with Gasteiger partial charge in [0.25, 0.3) is 0 Å². The number of aliphatic imine (C=N–C) groups is 1. The Labute approximate surface area is 176 Å². The lowest BCUT2D eigenvalue weighted by atomic mass is 10.2. The third-order valence-corrected chi connectivity index (χ3v) is 4.00. The summed E-state index contributed by atoms with van der Waals surface area (Å²) in [6.45, 7) is 1.18. The molecule has 0 amide bonds. The Kier molecular flexibility index (Phi) is 8.12. The summed E-state index contributed by atoms with van der Waals surface area (Å²) in [4.78, 5) is 12.0. The maximum Gasteiger partial charge on any atom is 0.191 e. The highest BCUT2D eigenvalue weighted by Crippen LogP contribution is 2.17. The molecule has 1 aromatic heterocycles. The first-order valence-corrected chi connectivity index (χ1v) is 8.46. The fourth-order valence-corrected chi connectivity index (χ4v) is 2.63. The lowest BCUT2D eigenvalue weighted by Gasteiger charge is -2.13. The van der Waals surface area contributed by atoms with Crippen molar-refractivity contribution < 1.29 is 4.74 Å². The van der Waals surface area contributed by atoms with Gasteiger partial charge in [-0.15, -0.1) is 24.0 Å². The number of hydrogen-bond acceptors (Lipinski definition) is 3. The van der Waals surface area contributed by atoms with Crippen molar-refractivity contribution in [2.45, 2.75) is 13.1 Å². The number of nitrogens with zero attached hydrogens (tertiary/aromatic N) is 2. The monoisotopic (exact) mass is 477 g/mol. The van der Waals surface area contributed by atoms with E-state index in [4.69, 9.17) is 4.74 Å². The van der Waals surface area contributed by atoms with E-state index in [1.54, 1.807) is 14.2 Å². The second-order valence-electron chi connectivity index (χ2n) is 5.70. The number of methoxy groups -OCH3 is 1. The molecule has 142 valence electrons. The molecule has 0 atom stereocenters. The van der Waals surface area contributed by atoms with E-state index in [-0.39, 0.29) is 24.0 Å². The molecule has 2 aromatic carbocycles. The number of guanidine groups is 1. The van der Waals surface area contributed by atoms with Crippen molar-refractivity contribution in [1.29, 1.82) is 0 Å². The minimum absolute atomic E-state index is 0. The molecule has 0 saturated carbocycles. The number of halogens is 1. The summed E-state index contributed by atoms with van der Waals surface area (Å²) >= 11 is 0. The van der Waals surface area contributed by atoms with Crippen LogP contribution < -0.4 is 15.4 Å². The number of ether oxygens (including phenoxy) is 1. The fourth-order valence-electron chi connectivity index (χ4n) is 2.63. The highest BCUT2D eigenvalue weighted by atomic mass is 127. The number of aromatic nitrogens is 2. The molecular formula is C20H24IN5O. The van der Waals surface area contributed by atoms with Crippen LogP contribution in [0.1, 0.15) is 11.4 Å². The summed E-state index contributed by atoms with van der Waals surface area (Å²) in [6.07, 6.45) is 1.84. The third kappa shape index (κ3) is 5.72. The molecule has 0 aliphatic rings. The van der Waals surface area contributed by atoms with Gasteiger partial charge in [-0.3, -0.25) is 4.99 Å². The summed E-state index contributed by atoms with van der Waals surface area (Å²) in [6, 6.07) is 18.0. The number of nitrogens with one attached hydrogen (secondary N) is 3. The molecule has 0 aliphatic carbocycles. The van der Waals surface area contributed by atoms with Crippen LogP contribution in [-0.4, -0.2) is 30.1 Å². The summed E-state index contributed by atoms with van der Waals surface area (Å²) in [5.74, 6) is 2.41. The van der Waals surface area contributed by atoms with Crippen LogP contribution >= 0.6 is 24.0 Å². The van der Waals surface area contributed by atoms with E-state index < -0.39 is 0 Å². The maximum absolute atomic E-state index is 5.37. The molecule has 3 aromatic rings. The molecule has 0 aliphatic heterocycles. The second kappa shape index (κ2) is 10.6. The number of imidazole rings is 1. The molecule has 0 unspecified atom stereocenters. The van der Waals surface area contributed by atoms with Gasteiger partial charge in [-0.2, -0.15) is 0 Å². The third-order valence-electron chi connectivity index (χ3n) is 4.00. The fraction of sp³-hybridized carbons (Fsp3) is 0.200. The number of aromatic amines is 1. The van der Waals surface area contributed by atoms with Gasteiger partial charge < -0.3 is 20.4 Å². The molecule has 0 fully saturated rings. The van der Waals surface area contributed by atoms with Gasteiger partial charge in [-0.25, -0.2) is 4.98 Å². The Hall–Kier alpha value is -2.55. The number of hydrogen-bond donors (Lipinski definition) is 3. The van der Waals surface area contributed by atoms with Gasteiger partial charge >= 0.3 is 0 Å². The average Bonchev–Trinajstić information content (AvgIpc) is 3.18. The predicted octanol–water partition coefficient (Wildman–Crippen LogP) is 3.57. The Balaban J connectivity index is 0.00000261. The van der Waals surface area contributed by atoms with Crippen LogP contribution in [0.25, 0.3) is 11.3 Å². The van der Waals surface area contributed by atoms with Crippen LogP contribution in [0.15, 0.2) is 65.8 Å². The van der Waals surface area contributed by atoms with Crippen molar-refractivity contribution in [2.75, 3.05) is 14.2 Å². The van der Waals surface area contributed by atoms with Crippen molar-refractivity contribution in [2.24, 2.45) is 4.99 Å². The molecule has 1 heterocycles. The highest BCUT2D eigenvalue weighted by Gasteiger charge is 2.06. The molecule has 0 radical (unpaired) electrons. The molecule has 7 heteroatoms. The van der Waals surface area contributed by atoms with E-state index in [2.05, 4.69) is 37.7 Å². The predicted molar refractivity (Wildman–Crippen MR) is 119 cm³/mol. The minimum atomic E-state index is 0. The summed E-state index contributed by atoms with van der Waals surface area (Å²) in [7, 11) is 3.42. The number of benzene rings is 2. The molecule has 3 N–H and O–H groups in total. The minimum Gasteiger partial charge on any atom is -0.496 e. The summed E-state index contributed by atoms with van der Waals surface area (Å²) in [5.41, 5.74) is 3.19. The zero-order valence-corrected chi connectivity index (χ0v) is 17.7. The normalized spacial score (nSPS) is 10.8. The summed E-state index contributed by atoms with van der Waals surface area (Å²) < 4.78 is 5.37. The SMILES string of the molecule is CN=C(NCc1ncc(-c2ccccc2)[nH]1)NCc1ccccc1OC.I.